The van der Waals surface area contributed by atoms with Crippen molar-refractivity contribution in [3.8, 4) is 0 Å². The minimum absolute atomic E-state index is 0.232. The van der Waals surface area contributed by atoms with E-state index in [1.807, 2.05) is 0 Å². The molecular formula is C9H12O4S. The van der Waals surface area contributed by atoms with Crippen LogP contribution < -0.4 is 0 Å². The van der Waals surface area contributed by atoms with E-state index in [0.29, 0.717) is 17.7 Å². The standard InChI is InChI=1S/C9H12O4S/c1-12-8(10)6-3-7(5-14-4-6)9(11)13-2/h4,7H,3,5H2,1-2H3/t7-/m0/s1. The second kappa shape index (κ2) is 5.05. The zero-order valence-corrected chi connectivity index (χ0v) is 8.93. The number of carbonyl (C=O) groups is 2. The van der Waals surface area contributed by atoms with Gasteiger partial charge in [-0.05, 0) is 11.8 Å². The van der Waals surface area contributed by atoms with Gasteiger partial charge in [0.05, 0.1) is 20.1 Å². The van der Waals surface area contributed by atoms with Crippen LogP contribution in [0, 0.1) is 5.92 Å². The van der Waals surface area contributed by atoms with Crippen LogP contribution in [0.4, 0.5) is 0 Å². The number of methoxy groups -OCH3 is 2. The molecule has 1 aliphatic rings. The van der Waals surface area contributed by atoms with Crippen LogP contribution in [0.1, 0.15) is 6.42 Å². The van der Waals surface area contributed by atoms with Gasteiger partial charge in [0.2, 0.25) is 0 Å². The number of hydrogen-bond acceptors (Lipinski definition) is 5. The molecule has 0 bridgehead atoms. The van der Waals surface area contributed by atoms with Crippen molar-refractivity contribution in [2.75, 3.05) is 20.0 Å². The average molecular weight is 216 g/mol. The molecule has 1 heterocycles. The summed E-state index contributed by atoms with van der Waals surface area (Å²) in [5.74, 6) is -0.213. The highest BCUT2D eigenvalue weighted by atomic mass is 32.2. The molecule has 0 fully saturated rings. The summed E-state index contributed by atoms with van der Waals surface area (Å²) in [7, 11) is 2.68. The Hall–Kier alpha value is -0.970. The molecule has 0 N–H and O–H groups in total. The van der Waals surface area contributed by atoms with E-state index in [1.165, 1.54) is 26.0 Å². The van der Waals surface area contributed by atoms with Gasteiger partial charge in [0.1, 0.15) is 0 Å². The predicted molar refractivity (Wildman–Crippen MR) is 52.7 cm³/mol. The number of hydrogen-bond donors (Lipinski definition) is 0. The van der Waals surface area contributed by atoms with Crippen molar-refractivity contribution in [3.63, 3.8) is 0 Å². The van der Waals surface area contributed by atoms with E-state index in [4.69, 9.17) is 0 Å². The van der Waals surface area contributed by atoms with Gasteiger partial charge in [0.25, 0.3) is 0 Å². The van der Waals surface area contributed by atoms with Gasteiger partial charge in [-0.15, -0.1) is 11.8 Å². The molecule has 0 aromatic rings. The van der Waals surface area contributed by atoms with Crippen molar-refractivity contribution >= 4 is 23.7 Å². The maximum atomic E-state index is 11.2. The number of esters is 2. The van der Waals surface area contributed by atoms with Crippen molar-refractivity contribution in [1.29, 1.82) is 0 Å². The molecule has 0 unspecified atom stereocenters. The first-order valence-corrected chi connectivity index (χ1v) is 5.20. The minimum atomic E-state index is -0.369. The van der Waals surface area contributed by atoms with Crippen LogP contribution in [0.3, 0.4) is 0 Å². The van der Waals surface area contributed by atoms with Gasteiger partial charge < -0.3 is 9.47 Å². The van der Waals surface area contributed by atoms with Gasteiger partial charge >= 0.3 is 11.9 Å². The van der Waals surface area contributed by atoms with Crippen LogP contribution in [0.5, 0.6) is 0 Å². The molecule has 5 heteroatoms. The van der Waals surface area contributed by atoms with Crippen LogP contribution in [-0.4, -0.2) is 31.9 Å². The fourth-order valence-corrected chi connectivity index (χ4v) is 2.19. The fourth-order valence-electron chi connectivity index (χ4n) is 1.22. The van der Waals surface area contributed by atoms with Gasteiger partial charge in [-0.2, -0.15) is 0 Å². The van der Waals surface area contributed by atoms with Crippen LogP contribution in [0.25, 0.3) is 0 Å². The largest absolute Gasteiger partial charge is 0.469 e. The number of rotatable bonds is 2. The van der Waals surface area contributed by atoms with Gasteiger partial charge in [-0.3, -0.25) is 4.79 Å². The molecule has 0 aliphatic carbocycles. The smallest absolute Gasteiger partial charge is 0.334 e. The lowest BCUT2D eigenvalue weighted by atomic mass is 10.0. The third kappa shape index (κ3) is 2.51. The maximum Gasteiger partial charge on any atom is 0.334 e. The lowest BCUT2D eigenvalue weighted by Gasteiger charge is -2.18. The summed E-state index contributed by atoms with van der Waals surface area (Å²) in [5, 5.41) is 1.74. The summed E-state index contributed by atoms with van der Waals surface area (Å²) in [5.41, 5.74) is 0.541. The van der Waals surface area contributed by atoms with Crippen molar-refractivity contribution in [2.45, 2.75) is 6.42 Å². The van der Waals surface area contributed by atoms with Crippen molar-refractivity contribution in [2.24, 2.45) is 5.92 Å². The molecule has 0 aromatic carbocycles. The van der Waals surface area contributed by atoms with Crippen molar-refractivity contribution < 1.29 is 19.1 Å². The highest BCUT2D eigenvalue weighted by molar-refractivity contribution is 8.02. The van der Waals surface area contributed by atoms with Crippen LogP contribution in [-0.2, 0) is 19.1 Å². The molecule has 0 aromatic heterocycles. The quantitative estimate of drug-likeness (QED) is 0.644. The Kier molecular flexibility index (Phi) is 4.00. The summed E-state index contributed by atoms with van der Waals surface area (Å²) in [6, 6.07) is 0. The van der Waals surface area contributed by atoms with Crippen molar-refractivity contribution in [1.82, 2.24) is 0 Å². The lowest BCUT2D eigenvalue weighted by Crippen LogP contribution is -2.23. The molecule has 0 amide bonds. The number of ether oxygens (including phenoxy) is 2. The van der Waals surface area contributed by atoms with E-state index in [1.54, 1.807) is 5.41 Å². The Morgan fingerprint density at radius 2 is 2.14 bits per heavy atom. The van der Waals surface area contributed by atoms with Crippen LogP contribution in [0.2, 0.25) is 0 Å². The molecule has 0 saturated heterocycles. The Balaban J connectivity index is 2.62. The molecule has 78 valence electrons. The molecule has 4 nitrogen and oxygen atoms in total. The second-order valence-corrected chi connectivity index (χ2v) is 3.79. The molecule has 0 spiro atoms. The second-order valence-electron chi connectivity index (χ2n) is 2.89. The summed E-state index contributed by atoms with van der Waals surface area (Å²) in [4.78, 5) is 22.4. The van der Waals surface area contributed by atoms with E-state index in [9.17, 15) is 9.59 Å². The average Bonchev–Trinajstić information content (AvgIpc) is 2.27. The van der Waals surface area contributed by atoms with E-state index in [2.05, 4.69) is 9.47 Å². The van der Waals surface area contributed by atoms with E-state index in [-0.39, 0.29) is 17.9 Å². The van der Waals surface area contributed by atoms with Crippen LogP contribution >= 0.6 is 11.8 Å². The molecule has 1 atom stereocenters. The highest BCUT2D eigenvalue weighted by Gasteiger charge is 2.26. The first-order chi connectivity index (χ1) is 6.69. The number of carbonyl (C=O) groups excluding carboxylic acids is 2. The van der Waals surface area contributed by atoms with E-state index in [0.717, 1.165) is 0 Å². The maximum absolute atomic E-state index is 11.2. The summed E-state index contributed by atoms with van der Waals surface area (Å²) < 4.78 is 9.20. The topological polar surface area (TPSA) is 52.6 Å². The highest BCUT2D eigenvalue weighted by Crippen LogP contribution is 2.27. The fraction of sp³-hybridized carbons (Fsp3) is 0.556. The van der Waals surface area contributed by atoms with Gasteiger partial charge in [-0.25, -0.2) is 4.79 Å². The zero-order valence-electron chi connectivity index (χ0n) is 8.11. The first-order valence-electron chi connectivity index (χ1n) is 4.15. The molecule has 1 aliphatic heterocycles. The summed E-state index contributed by atoms with van der Waals surface area (Å²) >= 11 is 1.43. The normalized spacial score (nSPS) is 21.0. The predicted octanol–water partition coefficient (Wildman–Crippen LogP) is 0.969. The third-order valence-electron chi connectivity index (χ3n) is 1.97. The summed E-state index contributed by atoms with van der Waals surface area (Å²) in [6.45, 7) is 0. The first kappa shape index (κ1) is 11.1. The van der Waals surface area contributed by atoms with Gasteiger partial charge in [-0.1, -0.05) is 0 Å². The molecule has 14 heavy (non-hydrogen) atoms. The Labute approximate surface area is 86.6 Å². The van der Waals surface area contributed by atoms with E-state index >= 15 is 0 Å². The summed E-state index contributed by atoms with van der Waals surface area (Å²) in [6.07, 6.45) is 0.409. The number of thioether (sulfide) groups is 1. The Morgan fingerprint density at radius 1 is 1.43 bits per heavy atom. The molecule has 0 saturated carbocycles. The van der Waals surface area contributed by atoms with E-state index < -0.39 is 0 Å². The zero-order chi connectivity index (χ0) is 10.6. The lowest BCUT2D eigenvalue weighted by molar-refractivity contribution is -0.144. The van der Waals surface area contributed by atoms with Crippen molar-refractivity contribution in [3.05, 3.63) is 11.0 Å². The Bertz CT molecular complexity index is 272. The SMILES string of the molecule is COC(=O)C1=CSC[C@@H](C(=O)OC)C1. The minimum Gasteiger partial charge on any atom is -0.469 e. The molecular weight excluding hydrogens is 204 g/mol. The Morgan fingerprint density at radius 3 is 2.71 bits per heavy atom. The molecule has 0 radical (unpaired) electrons. The third-order valence-corrected chi connectivity index (χ3v) is 3.02. The van der Waals surface area contributed by atoms with Gasteiger partial charge in [0.15, 0.2) is 0 Å². The van der Waals surface area contributed by atoms with Gasteiger partial charge in [0, 0.05) is 11.3 Å². The van der Waals surface area contributed by atoms with Crippen LogP contribution in [0.15, 0.2) is 11.0 Å². The monoisotopic (exact) mass is 216 g/mol. The molecule has 1 rings (SSSR count).